The van der Waals surface area contributed by atoms with Gasteiger partial charge in [-0.25, -0.2) is 4.68 Å². The maximum Gasteiger partial charge on any atom is 0.269 e. The van der Waals surface area contributed by atoms with Gasteiger partial charge in [0, 0.05) is 18.0 Å². The molecule has 1 N–H and O–H groups in total. The predicted octanol–water partition coefficient (Wildman–Crippen LogP) is 2.49. The van der Waals surface area contributed by atoms with Gasteiger partial charge in [0.1, 0.15) is 9.88 Å². The number of thiophene rings is 1. The number of hydrogen-bond acceptors (Lipinski definition) is 8. The molecule has 0 aromatic carbocycles. The van der Waals surface area contributed by atoms with E-state index in [1.807, 2.05) is 23.6 Å². The van der Waals surface area contributed by atoms with Crippen molar-refractivity contribution < 1.29 is 4.79 Å². The lowest BCUT2D eigenvalue weighted by Crippen LogP contribution is -2.13. The number of hydrogen-bond donors (Lipinski definition) is 1. The summed E-state index contributed by atoms with van der Waals surface area (Å²) < 4.78 is 1.55. The van der Waals surface area contributed by atoms with Crippen LogP contribution in [0.4, 0.5) is 5.13 Å². The number of rotatable bonds is 4. The van der Waals surface area contributed by atoms with Gasteiger partial charge in [0.05, 0.1) is 18.1 Å². The summed E-state index contributed by atoms with van der Waals surface area (Å²) >= 11 is 2.63. The van der Waals surface area contributed by atoms with Gasteiger partial charge < -0.3 is 0 Å². The quantitative estimate of drug-likeness (QED) is 0.604. The zero-order valence-electron chi connectivity index (χ0n) is 12.0. The highest BCUT2D eigenvalue weighted by Gasteiger charge is 2.17. The van der Waals surface area contributed by atoms with Gasteiger partial charge in [0.2, 0.25) is 5.13 Å². The third kappa shape index (κ3) is 2.79. The van der Waals surface area contributed by atoms with Gasteiger partial charge in [-0.3, -0.25) is 15.1 Å². The monoisotopic (exact) mass is 355 g/mol. The predicted molar refractivity (Wildman–Crippen MR) is 90.3 cm³/mol. The van der Waals surface area contributed by atoms with Crippen LogP contribution in [0.5, 0.6) is 0 Å². The minimum atomic E-state index is -0.257. The molecule has 0 atom stereocenters. The zero-order valence-corrected chi connectivity index (χ0v) is 13.7. The molecule has 8 nitrogen and oxygen atoms in total. The van der Waals surface area contributed by atoms with E-state index < -0.39 is 0 Å². The molecular formula is C14H9N7OS2. The van der Waals surface area contributed by atoms with Crippen molar-refractivity contribution in [2.45, 2.75) is 0 Å². The van der Waals surface area contributed by atoms with Crippen LogP contribution in [0.15, 0.2) is 48.4 Å². The number of nitrogens with zero attached hydrogens (tertiary/aromatic N) is 6. The van der Waals surface area contributed by atoms with E-state index in [1.165, 1.54) is 22.7 Å². The van der Waals surface area contributed by atoms with E-state index in [1.54, 1.807) is 29.5 Å². The summed E-state index contributed by atoms with van der Waals surface area (Å²) in [5.74, 6) is -0.257. The minimum Gasteiger partial charge on any atom is -0.296 e. The van der Waals surface area contributed by atoms with Gasteiger partial charge in [-0.1, -0.05) is 16.6 Å². The molecule has 4 aromatic heterocycles. The van der Waals surface area contributed by atoms with Crippen molar-refractivity contribution in [3.05, 3.63) is 53.2 Å². The molecular weight excluding hydrogens is 346 g/mol. The van der Waals surface area contributed by atoms with Crippen molar-refractivity contribution >= 4 is 33.7 Å². The van der Waals surface area contributed by atoms with Gasteiger partial charge >= 0.3 is 0 Å². The first-order valence-electron chi connectivity index (χ1n) is 6.81. The van der Waals surface area contributed by atoms with Gasteiger partial charge in [-0.15, -0.1) is 26.6 Å². The molecule has 10 heteroatoms. The molecule has 0 saturated carbocycles. The van der Waals surface area contributed by atoms with Gasteiger partial charge in [0.25, 0.3) is 5.91 Å². The largest absolute Gasteiger partial charge is 0.296 e. The summed E-state index contributed by atoms with van der Waals surface area (Å²) in [6.45, 7) is 0. The van der Waals surface area contributed by atoms with Crippen molar-refractivity contribution in [3.8, 4) is 16.3 Å². The molecule has 0 spiro atoms. The van der Waals surface area contributed by atoms with Crippen molar-refractivity contribution in [1.82, 2.24) is 30.2 Å². The average molecular weight is 355 g/mol. The Morgan fingerprint density at radius 1 is 1.12 bits per heavy atom. The highest BCUT2D eigenvalue weighted by molar-refractivity contribution is 7.18. The van der Waals surface area contributed by atoms with E-state index in [0.29, 0.717) is 15.7 Å². The second-order valence-corrected chi connectivity index (χ2v) is 6.48. The molecule has 4 rings (SSSR count). The van der Waals surface area contributed by atoms with Gasteiger partial charge in [-0.2, -0.15) is 0 Å². The Bertz CT molecular complexity index is 962. The molecule has 0 aliphatic carbocycles. The third-order valence-corrected chi connectivity index (χ3v) is 4.88. The van der Waals surface area contributed by atoms with E-state index in [2.05, 4.69) is 30.8 Å². The topological polar surface area (TPSA) is 98.5 Å². The Hall–Kier alpha value is -2.98. The van der Waals surface area contributed by atoms with Crippen molar-refractivity contribution in [2.24, 2.45) is 0 Å². The number of nitrogens with one attached hydrogen (secondary N) is 1. The molecule has 118 valence electrons. The molecule has 0 radical (unpaired) electrons. The highest BCUT2D eigenvalue weighted by Crippen LogP contribution is 2.27. The highest BCUT2D eigenvalue weighted by atomic mass is 32.1. The van der Waals surface area contributed by atoms with Crippen LogP contribution >= 0.6 is 22.7 Å². The summed E-state index contributed by atoms with van der Waals surface area (Å²) in [7, 11) is 0. The molecule has 0 fully saturated rings. The first-order chi connectivity index (χ1) is 11.8. The van der Waals surface area contributed by atoms with Crippen LogP contribution in [0, 0.1) is 0 Å². The smallest absolute Gasteiger partial charge is 0.269 e. The first-order valence-corrected chi connectivity index (χ1v) is 8.50. The molecule has 0 aliphatic heterocycles. The number of aromatic nitrogens is 6. The Kier molecular flexibility index (Phi) is 3.81. The van der Waals surface area contributed by atoms with Gasteiger partial charge in [-0.05, 0) is 23.6 Å². The van der Waals surface area contributed by atoms with Crippen molar-refractivity contribution in [1.29, 1.82) is 0 Å². The average Bonchev–Trinajstić information content (AvgIpc) is 3.36. The minimum absolute atomic E-state index is 0.257. The maximum atomic E-state index is 12.5. The molecule has 0 saturated heterocycles. The Morgan fingerprint density at radius 3 is 2.79 bits per heavy atom. The molecule has 4 aromatic rings. The lowest BCUT2D eigenvalue weighted by Gasteiger charge is -2.02. The van der Waals surface area contributed by atoms with Crippen LogP contribution in [0.2, 0.25) is 0 Å². The lowest BCUT2D eigenvalue weighted by atomic mass is 10.3. The standard InChI is InChI=1S/C14H9N7OS2/c22-12(11-10(3-8-23-11)21-7-6-16-20-21)17-14-19-18-13(24-14)9-1-4-15-5-2-9/h1-8H,(H,17,19,22). The third-order valence-electron chi connectivity index (χ3n) is 3.09. The second-order valence-electron chi connectivity index (χ2n) is 4.58. The van der Waals surface area contributed by atoms with Crippen LogP contribution in [0.25, 0.3) is 16.3 Å². The molecule has 1 amide bonds. The van der Waals surface area contributed by atoms with E-state index >= 15 is 0 Å². The number of carbonyl (C=O) groups excluding carboxylic acids is 1. The summed E-state index contributed by atoms with van der Waals surface area (Å²) in [6, 6.07) is 5.50. The molecule has 0 aliphatic rings. The van der Waals surface area contributed by atoms with E-state index in [9.17, 15) is 4.79 Å². The Morgan fingerprint density at radius 2 is 2.00 bits per heavy atom. The zero-order chi connectivity index (χ0) is 16.4. The van der Waals surface area contributed by atoms with E-state index in [0.717, 1.165) is 10.6 Å². The fraction of sp³-hybridized carbons (Fsp3) is 0. The summed E-state index contributed by atoms with van der Waals surface area (Å²) in [5.41, 5.74) is 1.58. The Balaban J connectivity index is 1.56. The van der Waals surface area contributed by atoms with Gasteiger partial charge in [0.15, 0.2) is 0 Å². The fourth-order valence-electron chi connectivity index (χ4n) is 2.03. The molecule has 0 bridgehead atoms. The second kappa shape index (κ2) is 6.26. The summed E-state index contributed by atoms with van der Waals surface area (Å²) in [4.78, 5) is 17.0. The lowest BCUT2D eigenvalue weighted by molar-refractivity contribution is 0.103. The summed E-state index contributed by atoms with van der Waals surface area (Å²) in [6.07, 6.45) is 6.62. The number of carbonyl (C=O) groups is 1. The maximum absolute atomic E-state index is 12.5. The SMILES string of the molecule is O=C(Nc1nnc(-c2ccncc2)s1)c1sccc1-n1ccnn1. The van der Waals surface area contributed by atoms with Crippen LogP contribution in [0.1, 0.15) is 9.67 Å². The van der Waals surface area contributed by atoms with Crippen molar-refractivity contribution in [3.63, 3.8) is 0 Å². The van der Waals surface area contributed by atoms with Crippen molar-refractivity contribution in [2.75, 3.05) is 5.32 Å². The van der Waals surface area contributed by atoms with E-state index in [4.69, 9.17) is 0 Å². The number of amides is 1. The number of pyridine rings is 1. The molecule has 24 heavy (non-hydrogen) atoms. The normalized spacial score (nSPS) is 10.7. The van der Waals surface area contributed by atoms with E-state index in [-0.39, 0.29) is 5.91 Å². The summed E-state index contributed by atoms with van der Waals surface area (Å²) in [5, 5.41) is 21.5. The molecule has 0 unspecified atom stereocenters. The van der Waals surface area contributed by atoms with Crippen LogP contribution < -0.4 is 5.32 Å². The fourth-order valence-corrected chi connectivity index (χ4v) is 3.55. The number of anilines is 1. The first kappa shape index (κ1) is 14.6. The van der Waals surface area contributed by atoms with Crippen LogP contribution in [-0.4, -0.2) is 36.1 Å². The molecule has 4 heterocycles. The Labute approximate surface area is 143 Å². The van der Waals surface area contributed by atoms with Crippen LogP contribution in [-0.2, 0) is 0 Å². The van der Waals surface area contributed by atoms with Crippen LogP contribution in [0.3, 0.4) is 0 Å².